The fraction of sp³-hybridized carbons (Fsp3) is 0.192. The van der Waals surface area contributed by atoms with Crippen LogP contribution < -0.4 is 16.3 Å². The lowest BCUT2D eigenvalue weighted by molar-refractivity contribution is -0.269. The van der Waals surface area contributed by atoms with Crippen molar-refractivity contribution in [2.24, 2.45) is 0 Å². The molecule has 0 spiro atoms. The molecule has 1 aliphatic heterocycles. The lowest BCUT2D eigenvalue weighted by atomic mass is 9.90. The average Bonchev–Trinajstić information content (AvgIpc) is 3.32. The first-order valence-corrected chi connectivity index (χ1v) is 12.0. The van der Waals surface area contributed by atoms with E-state index in [0.29, 0.717) is 16.3 Å². The minimum atomic E-state index is -4.97. The zero-order valence-electron chi connectivity index (χ0n) is 19.9. The van der Waals surface area contributed by atoms with Crippen molar-refractivity contribution >= 4 is 45.6 Å². The fourth-order valence-electron chi connectivity index (χ4n) is 3.88. The van der Waals surface area contributed by atoms with Gasteiger partial charge in [0, 0.05) is 29.1 Å². The molecule has 1 aliphatic rings. The first-order chi connectivity index (χ1) is 17.9. The van der Waals surface area contributed by atoms with Crippen LogP contribution in [0.2, 0.25) is 10.0 Å². The highest BCUT2D eigenvalue weighted by Crippen LogP contribution is 2.49. The summed E-state index contributed by atoms with van der Waals surface area (Å²) < 4.78 is 57.1. The van der Waals surface area contributed by atoms with Gasteiger partial charge in [-0.25, -0.2) is 4.39 Å². The molecule has 200 valence electrons. The van der Waals surface area contributed by atoms with Crippen LogP contribution in [0, 0.1) is 5.82 Å². The minimum Gasteiger partial charge on any atom is -0.327 e. The third-order valence-corrected chi connectivity index (χ3v) is 6.18. The lowest BCUT2D eigenvalue weighted by Crippen LogP contribution is -2.42. The second-order valence-electron chi connectivity index (χ2n) is 8.55. The summed E-state index contributed by atoms with van der Waals surface area (Å²) >= 11 is 11.6. The molecule has 3 N–H and O–H groups in total. The van der Waals surface area contributed by atoms with Gasteiger partial charge in [0.15, 0.2) is 5.82 Å². The van der Waals surface area contributed by atoms with E-state index in [-0.39, 0.29) is 17.4 Å². The van der Waals surface area contributed by atoms with E-state index in [1.165, 1.54) is 24.5 Å². The smallest absolute Gasteiger partial charge is 0.327 e. The van der Waals surface area contributed by atoms with Gasteiger partial charge >= 0.3 is 6.18 Å². The summed E-state index contributed by atoms with van der Waals surface area (Å²) in [5, 5.41) is 2.42. The Kier molecular flexibility index (Phi) is 7.89. The highest BCUT2D eigenvalue weighted by atomic mass is 35.5. The van der Waals surface area contributed by atoms with E-state index in [9.17, 15) is 22.4 Å². The van der Waals surface area contributed by atoms with Crippen LogP contribution >= 0.6 is 23.2 Å². The highest BCUT2D eigenvalue weighted by molar-refractivity contribution is 6.35. The summed E-state index contributed by atoms with van der Waals surface area (Å²) in [4.78, 5) is 23.1. The number of halogens is 6. The summed E-state index contributed by atoms with van der Waals surface area (Å²) in [5.74, 6) is -1.48. The largest absolute Gasteiger partial charge is 0.428 e. The van der Waals surface area contributed by atoms with Crippen molar-refractivity contribution in [2.45, 2.75) is 31.7 Å². The standard InChI is InChI=1S/C26H21Cl2F4N3O3/c1-14(2)37-34-10-9-33-24(36)19-8-7-18(16-5-3-4-6-17(16)19)22-13-25(38-35-22,26(30,31)32)15-11-20(27)23(29)21(28)12-15/h3-14,34-35H,1-2H3,(H,33,36)/b10-9+. The Morgan fingerprint density at radius 1 is 1.08 bits per heavy atom. The Labute approximate surface area is 225 Å². The number of carbonyl (C=O) groups is 1. The topological polar surface area (TPSA) is 71.6 Å². The maximum atomic E-state index is 14.4. The van der Waals surface area contributed by atoms with Gasteiger partial charge in [0.25, 0.3) is 5.91 Å². The van der Waals surface area contributed by atoms with E-state index in [1.807, 2.05) is 13.8 Å². The van der Waals surface area contributed by atoms with Gasteiger partial charge in [-0.1, -0.05) is 53.5 Å². The number of amides is 1. The minimum absolute atomic E-state index is 0.0167. The Morgan fingerprint density at radius 3 is 2.37 bits per heavy atom. The maximum Gasteiger partial charge on any atom is 0.428 e. The number of hydrogen-bond acceptors (Lipinski definition) is 5. The van der Waals surface area contributed by atoms with Crippen molar-refractivity contribution in [3.63, 3.8) is 0 Å². The summed E-state index contributed by atoms with van der Waals surface area (Å²) in [6.45, 7) is 3.66. The quantitative estimate of drug-likeness (QED) is 0.167. The van der Waals surface area contributed by atoms with Gasteiger partial charge in [0.2, 0.25) is 5.60 Å². The molecule has 0 bridgehead atoms. The van der Waals surface area contributed by atoms with Gasteiger partial charge < -0.3 is 5.32 Å². The van der Waals surface area contributed by atoms with Gasteiger partial charge in [-0.15, -0.1) is 0 Å². The van der Waals surface area contributed by atoms with Crippen LogP contribution in [0.5, 0.6) is 0 Å². The molecular weight excluding hydrogens is 549 g/mol. The van der Waals surface area contributed by atoms with E-state index in [1.54, 1.807) is 24.3 Å². The van der Waals surface area contributed by atoms with E-state index < -0.39 is 39.1 Å². The third-order valence-electron chi connectivity index (χ3n) is 5.63. The van der Waals surface area contributed by atoms with Crippen LogP contribution in [0.25, 0.3) is 16.5 Å². The first kappa shape index (κ1) is 27.7. The molecule has 3 aromatic carbocycles. The van der Waals surface area contributed by atoms with Gasteiger partial charge in [0.05, 0.1) is 21.8 Å². The second-order valence-corrected chi connectivity index (χ2v) is 9.36. The van der Waals surface area contributed by atoms with E-state index in [2.05, 4.69) is 16.3 Å². The molecule has 0 aromatic heterocycles. The summed E-state index contributed by atoms with van der Waals surface area (Å²) in [6, 6.07) is 11.3. The molecule has 0 aliphatic carbocycles. The molecule has 0 fully saturated rings. The monoisotopic (exact) mass is 569 g/mol. The Hall–Kier alpha value is -3.31. The van der Waals surface area contributed by atoms with Crippen LogP contribution in [0.3, 0.4) is 0 Å². The normalized spacial score (nSPS) is 17.7. The van der Waals surface area contributed by atoms with Crippen molar-refractivity contribution in [3.05, 3.63) is 99.6 Å². The highest BCUT2D eigenvalue weighted by Gasteiger charge is 2.60. The molecule has 3 aromatic rings. The number of alkyl halides is 3. The molecule has 1 amide bonds. The summed E-state index contributed by atoms with van der Waals surface area (Å²) in [6.07, 6.45) is -1.44. The van der Waals surface area contributed by atoms with Crippen molar-refractivity contribution in [1.29, 1.82) is 0 Å². The molecule has 38 heavy (non-hydrogen) atoms. The number of hydroxylamine groups is 2. The predicted octanol–water partition coefficient (Wildman–Crippen LogP) is 6.75. The van der Waals surface area contributed by atoms with Crippen LogP contribution in [-0.4, -0.2) is 18.2 Å². The lowest BCUT2D eigenvalue weighted by Gasteiger charge is -2.28. The fourth-order valence-corrected chi connectivity index (χ4v) is 4.37. The molecule has 0 saturated heterocycles. The number of carbonyl (C=O) groups excluding carboxylic acids is 1. The molecule has 0 radical (unpaired) electrons. The summed E-state index contributed by atoms with van der Waals surface area (Å²) in [5.41, 5.74) is 2.01. The van der Waals surface area contributed by atoms with Gasteiger partial charge in [-0.3, -0.25) is 25.4 Å². The van der Waals surface area contributed by atoms with E-state index >= 15 is 0 Å². The van der Waals surface area contributed by atoms with Gasteiger partial charge in [-0.2, -0.15) is 13.2 Å². The molecule has 4 rings (SSSR count). The number of nitrogens with one attached hydrogen (secondary N) is 3. The number of hydrogen-bond donors (Lipinski definition) is 3. The Balaban J connectivity index is 1.74. The number of benzene rings is 3. The maximum absolute atomic E-state index is 14.4. The molecular formula is C26H21Cl2F4N3O3. The van der Waals surface area contributed by atoms with Crippen molar-refractivity contribution < 1.29 is 32.0 Å². The van der Waals surface area contributed by atoms with Crippen molar-refractivity contribution in [2.75, 3.05) is 0 Å². The molecule has 1 atom stereocenters. The van der Waals surface area contributed by atoms with Crippen LogP contribution in [0.1, 0.15) is 35.3 Å². The molecule has 6 nitrogen and oxygen atoms in total. The predicted molar refractivity (Wildman–Crippen MR) is 136 cm³/mol. The van der Waals surface area contributed by atoms with E-state index in [0.717, 1.165) is 18.2 Å². The van der Waals surface area contributed by atoms with Gasteiger partial charge in [0.1, 0.15) is 0 Å². The molecule has 1 unspecified atom stereocenters. The molecule has 0 saturated carbocycles. The van der Waals surface area contributed by atoms with E-state index in [4.69, 9.17) is 32.9 Å². The van der Waals surface area contributed by atoms with Crippen molar-refractivity contribution in [3.8, 4) is 0 Å². The van der Waals surface area contributed by atoms with Crippen LogP contribution in [-0.2, 0) is 15.3 Å². The number of rotatable bonds is 7. The third kappa shape index (κ3) is 5.30. The van der Waals surface area contributed by atoms with Gasteiger partial charge in [-0.05, 0) is 48.9 Å². The number of fused-ring (bicyclic) bond motifs is 1. The average molecular weight is 570 g/mol. The van der Waals surface area contributed by atoms with Crippen molar-refractivity contribution in [1.82, 2.24) is 16.3 Å². The molecule has 1 heterocycles. The van der Waals surface area contributed by atoms with Crippen LogP contribution in [0.4, 0.5) is 17.6 Å². The SMILES string of the molecule is CC(C)ON/C=C/NC(=O)c1ccc(C2=CC(c3cc(Cl)c(F)c(Cl)c3)(C(F)(F)F)ON2)c2ccccc12. The zero-order valence-corrected chi connectivity index (χ0v) is 21.4. The molecule has 12 heteroatoms. The Morgan fingerprint density at radius 2 is 1.74 bits per heavy atom. The first-order valence-electron chi connectivity index (χ1n) is 11.2. The summed E-state index contributed by atoms with van der Waals surface area (Å²) in [7, 11) is 0. The second kappa shape index (κ2) is 10.8. The van der Waals surface area contributed by atoms with Crippen LogP contribution in [0.15, 0.2) is 67.0 Å². The zero-order chi connectivity index (χ0) is 27.7. The Bertz CT molecular complexity index is 1420.